The summed E-state index contributed by atoms with van der Waals surface area (Å²) in [4.78, 5) is 6.02. The molecular formula is C12H8N2S. The fourth-order valence-electron chi connectivity index (χ4n) is 1.18. The van der Waals surface area contributed by atoms with Gasteiger partial charge in [0, 0.05) is 22.2 Å². The molecule has 0 spiro atoms. The standard InChI is InChI=1S/C12H8N2S/c13-9-10-3-1-2-4-12(10)15-11-5-7-14-8-6-11/h1-8H. The van der Waals surface area contributed by atoms with Crippen molar-refractivity contribution in [2.45, 2.75) is 9.79 Å². The molecule has 0 N–H and O–H groups in total. The molecule has 15 heavy (non-hydrogen) atoms. The van der Waals surface area contributed by atoms with Crippen LogP contribution in [0.1, 0.15) is 5.56 Å². The van der Waals surface area contributed by atoms with Crippen molar-refractivity contribution in [3.8, 4) is 6.07 Å². The van der Waals surface area contributed by atoms with Gasteiger partial charge < -0.3 is 0 Å². The number of hydrogen-bond acceptors (Lipinski definition) is 3. The minimum absolute atomic E-state index is 0.708. The second-order valence-corrected chi connectivity index (χ2v) is 4.01. The van der Waals surface area contributed by atoms with Gasteiger partial charge in [0.15, 0.2) is 0 Å². The number of benzene rings is 1. The molecule has 0 bridgehead atoms. The molecule has 1 heterocycles. The Kier molecular flexibility index (Phi) is 3.01. The topological polar surface area (TPSA) is 36.7 Å². The molecule has 0 radical (unpaired) electrons. The molecule has 2 nitrogen and oxygen atoms in total. The van der Waals surface area contributed by atoms with E-state index in [1.165, 1.54) is 0 Å². The molecule has 0 fully saturated rings. The molecule has 3 heteroatoms. The van der Waals surface area contributed by atoms with Crippen LogP contribution in [0, 0.1) is 11.3 Å². The summed E-state index contributed by atoms with van der Waals surface area (Å²) in [5, 5.41) is 8.92. The number of aromatic nitrogens is 1. The number of pyridine rings is 1. The molecule has 2 rings (SSSR count). The smallest absolute Gasteiger partial charge is 0.100 e. The Morgan fingerprint density at radius 3 is 2.53 bits per heavy atom. The molecule has 0 saturated carbocycles. The third-order valence-electron chi connectivity index (χ3n) is 1.89. The predicted molar refractivity (Wildman–Crippen MR) is 59.5 cm³/mol. The highest BCUT2D eigenvalue weighted by Crippen LogP contribution is 2.29. The number of rotatable bonds is 2. The predicted octanol–water partition coefficient (Wildman–Crippen LogP) is 3.10. The molecule has 1 aromatic carbocycles. The van der Waals surface area contributed by atoms with Crippen LogP contribution in [0.2, 0.25) is 0 Å². The summed E-state index contributed by atoms with van der Waals surface area (Å²) in [5.41, 5.74) is 0.708. The Balaban J connectivity index is 2.29. The molecule has 72 valence electrons. The van der Waals surface area contributed by atoms with E-state index in [1.54, 1.807) is 24.2 Å². The first-order chi connectivity index (χ1) is 7.40. The molecule has 0 aliphatic carbocycles. The van der Waals surface area contributed by atoms with Gasteiger partial charge in [0.25, 0.3) is 0 Å². The lowest BCUT2D eigenvalue weighted by Gasteiger charge is -2.02. The van der Waals surface area contributed by atoms with Gasteiger partial charge >= 0.3 is 0 Å². The highest BCUT2D eigenvalue weighted by Gasteiger charge is 2.01. The van der Waals surface area contributed by atoms with Gasteiger partial charge in [-0.1, -0.05) is 23.9 Å². The Labute approximate surface area is 92.6 Å². The van der Waals surface area contributed by atoms with Gasteiger partial charge in [-0.3, -0.25) is 4.98 Å². The van der Waals surface area contributed by atoms with E-state index in [0.29, 0.717) is 5.56 Å². The van der Waals surface area contributed by atoms with Crippen molar-refractivity contribution in [1.29, 1.82) is 5.26 Å². The van der Waals surface area contributed by atoms with Crippen molar-refractivity contribution < 1.29 is 0 Å². The lowest BCUT2D eigenvalue weighted by Crippen LogP contribution is -1.80. The van der Waals surface area contributed by atoms with E-state index in [9.17, 15) is 0 Å². The minimum Gasteiger partial charge on any atom is -0.265 e. The summed E-state index contributed by atoms with van der Waals surface area (Å²) in [6.45, 7) is 0. The minimum atomic E-state index is 0.708. The molecule has 0 unspecified atom stereocenters. The van der Waals surface area contributed by atoms with Crippen LogP contribution in [-0.2, 0) is 0 Å². The van der Waals surface area contributed by atoms with Gasteiger partial charge in [-0.25, -0.2) is 0 Å². The van der Waals surface area contributed by atoms with Gasteiger partial charge in [-0.15, -0.1) is 0 Å². The van der Waals surface area contributed by atoms with E-state index in [2.05, 4.69) is 11.1 Å². The maximum Gasteiger partial charge on any atom is 0.100 e. The van der Waals surface area contributed by atoms with Crippen molar-refractivity contribution >= 4 is 11.8 Å². The molecule has 0 aliphatic heterocycles. The van der Waals surface area contributed by atoms with E-state index >= 15 is 0 Å². The lowest BCUT2D eigenvalue weighted by atomic mass is 10.2. The van der Waals surface area contributed by atoms with Crippen LogP contribution in [0.15, 0.2) is 58.6 Å². The maximum atomic E-state index is 8.92. The van der Waals surface area contributed by atoms with E-state index in [1.807, 2.05) is 36.4 Å². The second kappa shape index (κ2) is 4.63. The average Bonchev–Trinajstić information content (AvgIpc) is 2.31. The fourth-order valence-corrected chi connectivity index (χ4v) is 2.06. The zero-order valence-electron chi connectivity index (χ0n) is 7.92. The van der Waals surface area contributed by atoms with Crippen LogP contribution in [-0.4, -0.2) is 4.98 Å². The highest BCUT2D eigenvalue weighted by molar-refractivity contribution is 7.99. The number of hydrogen-bond donors (Lipinski definition) is 0. The first-order valence-electron chi connectivity index (χ1n) is 4.47. The van der Waals surface area contributed by atoms with Crippen molar-refractivity contribution in [3.05, 3.63) is 54.4 Å². The van der Waals surface area contributed by atoms with Crippen LogP contribution in [0.3, 0.4) is 0 Å². The van der Waals surface area contributed by atoms with Gasteiger partial charge in [-0.05, 0) is 24.3 Å². The van der Waals surface area contributed by atoms with Gasteiger partial charge in [0.05, 0.1) is 5.56 Å². The van der Waals surface area contributed by atoms with Crippen molar-refractivity contribution in [1.82, 2.24) is 4.98 Å². The average molecular weight is 212 g/mol. The second-order valence-electron chi connectivity index (χ2n) is 2.89. The van der Waals surface area contributed by atoms with Crippen LogP contribution in [0.5, 0.6) is 0 Å². The van der Waals surface area contributed by atoms with Crippen molar-refractivity contribution in [3.63, 3.8) is 0 Å². The quantitative estimate of drug-likeness (QED) is 0.767. The molecular weight excluding hydrogens is 204 g/mol. The Morgan fingerprint density at radius 2 is 1.80 bits per heavy atom. The maximum absolute atomic E-state index is 8.92. The monoisotopic (exact) mass is 212 g/mol. The largest absolute Gasteiger partial charge is 0.265 e. The van der Waals surface area contributed by atoms with Crippen LogP contribution < -0.4 is 0 Å². The number of nitrogens with zero attached hydrogens (tertiary/aromatic N) is 2. The molecule has 1 aromatic heterocycles. The normalized spacial score (nSPS) is 9.53. The third kappa shape index (κ3) is 2.36. The first kappa shape index (κ1) is 9.75. The van der Waals surface area contributed by atoms with Gasteiger partial charge in [-0.2, -0.15) is 5.26 Å². The van der Waals surface area contributed by atoms with E-state index in [4.69, 9.17) is 5.26 Å². The van der Waals surface area contributed by atoms with Gasteiger partial charge in [0.2, 0.25) is 0 Å². The van der Waals surface area contributed by atoms with Crippen LogP contribution >= 0.6 is 11.8 Å². The Bertz CT molecular complexity index is 488. The lowest BCUT2D eigenvalue weighted by molar-refractivity contribution is 1.26. The summed E-state index contributed by atoms with van der Waals surface area (Å²) < 4.78 is 0. The highest BCUT2D eigenvalue weighted by atomic mass is 32.2. The van der Waals surface area contributed by atoms with E-state index in [0.717, 1.165) is 9.79 Å². The zero-order valence-corrected chi connectivity index (χ0v) is 8.74. The Hall–Kier alpha value is -1.79. The summed E-state index contributed by atoms with van der Waals surface area (Å²) in [6, 6.07) is 13.6. The number of nitriles is 1. The summed E-state index contributed by atoms with van der Waals surface area (Å²) in [7, 11) is 0. The first-order valence-corrected chi connectivity index (χ1v) is 5.29. The fraction of sp³-hybridized carbons (Fsp3) is 0. The summed E-state index contributed by atoms with van der Waals surface area (Å²) in [6.07, 6.45) is 3.49. The molecule has 0 atom stereocenters. The summed E-state index contributed by atoms with van der Waals surface area (Å²) in [5.74, 6) is 0. The zero-order chi connectivity index (χ0) is 10.5. The molecule has 0 aliphatic rings. The molecule has 2 aromatic rings. The molecule has 0 saturated heterocycles. The van der Waals surface area contributed by atoms with Crippen molar-refractivity contribution in [2.24, 2.45) is 0 Å². The Morgan fingerprint density at radius 1 is 1.07 bits per heavy atom. The van der Waals surface area contributed by atoms with Crippen molar-refractivity contribution in [2.75, 3.05) is 0 Å². The summed E-state index contributed by atoms with van der Waals surface area (Å²) >= 11 is 1.58. The van der Waals surface area contributed by atoms with Crippen LogP contribution in [0.4, 0.5) is 0 Å². The van der Waals surface area contributed by atoms with Crippen LogP contribution in [0.25, 0.3) is 0 Å². The SMILES string of the molecule is N#Cc1ccccc1Sc1ccncc1. The third-order valence-corrected chi connectivity index (χ3v) is 2.97. The van der Waals surface area contributed by atoms with E-state index in [-0.39, 0.29) is 0 Å². The molecule has 0 amide bonds. The van der Waals surface area contributed by atoms with Gasteiger partial charge in [0.1, 0.15) is 6.07 Å². The van der Waals surface area contributed by atoms with E-state index < -0.39 is 0 Å².